The van der Waals surface area contributed by atoms with Gasteiger partial charge in [0.25, 0.3) is 0 Å². The maximum atomic E-state index is 11.9. The molecule has 0 amide bonds. The van der Waals surface area contributed by atoms with E-state index in [0.717, 1.165) is 13.8 Å². The fraction of sp³-hybridized carbons (Fsp3) is 0.667. The topological polar surface area (TPSA) is 52.6 Å². The largest absolute Gasteiger partial charge is 0.464 e. The van der Waals surface area contributed by atoms with Crippen molar-refractivity contribution in [2.75, 3.05) is 0 Å². The van der Waals surface area contributed by atoms with Crippen LogP contribution in [0.2, 0.25) is 0 Å². The first kappa shape index (κ1) is 11.7. The summed E-state index contributed by atoms with van der Waals surface area (Å²) < 4.78 is 43.1. The lowest BCUT2D eigenvalue weighted by Gasteiger charge is -2.18. The normalized spacial score (nSPS) is 11.2. The van der Waals surface area contributed by atoms with Crippen molar-refractivity contribution >= 4 is 11.9 Å². The molecule has 0 aromatic rings. The van der Waals surface area contributed by atoms with Crippen LogP contribution in [-0.4, -0.2) is 24.4 Å². The lowest BCUT2D eigenvalue weighted by molar-refractivity contribution is -0.289. The van der Waals surface area contributed by atoms with Gasteiger partial charge in [0.2, 0.25) is 0 Å². The molecule has 0 aliphatic heterocycles. The van der Waals surface area contributed by atoms with E-state index in [4.69, 9.17) is 0 Å². The lowest BCUT2D eigenvalue weighted by Crippen LogP contribution is -2.36. The van der Waals surface area contributed by atoms with Gasteiger partial charge in [-0.25, -0.2) is 0 Å². The standard InChI is InChI=1S/C6H7F3O4/c1-3(10)12-5(6(7,8)9)13-4(2)11/h5H,1-2H3. The van der Waals surface area contributed by atoms with Crippen LogP contribution in [0.3, 0.4) is 0 Å². The van der Waals surface area contributed by atoms with Gasteiger partial charge in [-0.1, -0.05) is 0 Å². The van der Waals surface area contributed by atoms with Crippen LogP contribution in [0.5, 0.6) is 0 Å². The van der Waals surface area contributed by atoms with Gasteiger partial charge in [-0.3, -0.25) is 9.59 Å². The average molecular weight is 200 g/mol. The van der Waals surface area contributed by atoms with Crippen LogP contribution in [-0.2, 0) is 19.1 Å². The first-order chi connectivity index (χ1) is 5.73. The van der Waals surface area contributed by atoms with Gasteiger partial charge in [0.1, 0.15) is 0 Å². The molecule has 0 aromatic heterocycles. The van der Waals surface area contributed by atoms with Crippen molar-refractivity contribution in [3.63, 3.8) is 0 Å². The minimum atomic E-state index is -4.91. The zero-order chi connectivity index (χ0) is 10.6. The fourth-order valence-electron chi connectivity index (χ4n) is 0.459. The zero-order valence-electron chi connectivity index (χ0n) is 6.84. The van der Waals surface area contributed by atoms with Crippen molar-refractivity contribution in [1.29, 1.82) is 0 Å². The van der Waals surface area contributed by atoms with Crippen LogP contribution in [0.4, 0.5) is 13.2 Å². The third-order valence-electron chi connectivity index (χ3n) is 0.813. The molecule has 0 atom stereocenters. The maximum absolute atomic E-state index is 11.9. The quantitative estimate of drug-likeness (QED) is 0.493. The molecule has 0 aliphatic rings. The van der Waals surface area contributed by atoms with Crippen molar-refractivity contribution in [2.45, 2.75) is 26.3 Å². The average Bonchev–Trinajstić information content (AvgIpc) is 1.81. The summed E-state index contributed by atoms with van der Waals surface area (Å²) in [4.78, 5) is 20.3. The van der Waals surface area contributed by atoms with E-state index in [9.17, 15) is 22.8 Å². The molecule has 0 saturated carbocycles. The molecule has 0 bridgehead atoms. The summed E-state index contributed by atoms with van der Waals surface area (Å²) in [5.74, 6) is -2.35. The third kappa shape index (κ3) is 5.05. The van der Waals surface area contributed by atoms with Gasteiger partial charge in [-0.05, 0) is 0 Å². The van der Waals surface area contributed by atoms with Crippen molar-refractivity contribution in [3.05, 3.63) is 0 Å². The molecule has 0 aliphatic carbocycles. The summed E-state index contributed by atoms with van der Waals surface area (Å²) >= 11 is 0. The minimum absolute atomic E-state index is 0.780. The molecule has 0 spiro atoms. The highest BCUT2D eigenvalue weighted by Gasteiger charge is 2.45. The van der Waals surface area contributed by atoms with Crippen LogP contribution in [0.15, 0.2) is 0 Å². The highest BCUT2D eigenvalue weighted by Crippen LogP contribution is 2.23. The van der Waals surface area contributed by atoms with Gasteiger partial charge in [-0.2, -0.15) is 13.2 Å². The molecule has 76 valence electrons. The highest BCUT2D eigenvalue weighted by atomic mass is 19.4. The predicted molar refractivity (Wildman–Crippen MR) is 33.4 cm³/mol. The Kier molecular flexibility index (Phi) is 3.70. The van der Waals surface area contributed by atoms with Crippen molar-refractivity contribution in [2.24, 2.45) is 0 Å². The lowest BCUT2D eigenvalue weighted by atomic mass is 10.6. The summed E-state index contributed by atoms with van der Waals surface area (Å²) in [5, 5.41) is 0. The Bertz CT molecular complexity index is 194. The molecular formula is C6H7F3O4. The molecule has 7 heteroatoms. The van der Waals surface area contributed by atoms with E-state index in [-0.39, 0.29) is 0 Å². The van der Waals surface area contributed by atoms with E-state index >= 15 is 0 Å². The van der Waals surface area contributed by atoms with Crippen LogP contribution in [0, 0.1) is 0 Å². The Labute approximate surface area is 71.6 Å². The molecule has 0 N–H and O–H groups in total. The Morgan fingerprint density at radius 2 is 1.38 bits per heavy atom. The van der Waals surface area contributed by atoms with E-state index < -0.39 is 24.4 Å². The number of rotatable bonds is 2. The molecule has 0 radical (unpaired) electrons. The number of esters is 2. The Balaban J connectivity index is 4.37. The van der Waals surface area contributed by atoms with Crippen molar-refractivity contribution in [3.8, 4) is 0 Å². The number of halogens is 3. The van der Waals surface area contributed by atoms with E-state index in [1.165, 1.54) is 0 Å². The van der Waals surface area contributed by atoms with E-state index in [1.807, 2.05) is 0 Å². The molecule has 0 heterocycles. The van der Waals surface area contributed by atoms with Gasteiger partial charge in [0.15, 0.2) is 0 Å². The van der Waals surface area contributed by atoms with Gasteiger partial charge >= 0.3 is 24.4 Å². The van der Waals surface area contributed by atoms with Gasteiger partial charge in [0.05, 0.1) is 0 Å². The van der Waals surface area contributed by atoms with E-state index in [0.29, 0.717) is 0 Å². The third-order valence-corrected chi connectivity index (χ3v) is 0.813. The first-order valence-corrected chi connectivity index (χ1v) is 3.14. The second kappa shape index (κ2) is 4.11. The van der Waals surface area contributed by atoms with Crippen LogP contribution in [0.25, 0.3) is 0 Å². The van der Waals surface area contributed by atoms with Crippen LogP contribution in [0.1, 0.15) is 13.8 Å². The highest BCUT2D eigenvalue weighted by molar-refractivity contribution is 5.68. The molecule has 0 unspecified atom stereocenters. The number of carbonyl (C=O) groups excluding carboxylic acids is 2. The van der Waals surface area contributed by atoms with E-state index in [1.54, 1.807) is 0 Å². The smallest absolute Gasteiger partial charge is 0.416 e. The molecule has 4 nitrogen and oxygen atoms in total. The summed E-state index contributed by atoms with van der Waals surface area (Å²) in [6, 6.07) is 0. The number of hydrogen-bond acceptors (Lipinski definition) is 4. The van der Waals surface area contributed by atoms with Crippen LogP contribution < -0.4 is 0 Å². The zero-order valence-corrected chi connectivity index (χ0v) is 6.84. The van der Waals surface area contributed by atoms with E-state index in [2.05, 4.69) is 9.47 Å². The molecule has 0 saturated heterocycles. The number of hydrogen-bond donors (Lipinski definition) is 0. The van der Waals surface area contributed by atoms with Gasteiger partial charge < -0.3 is 9.47 Å². The molecule has 0 aromatic carbocycles. The second-order valence-corrected chi connectivity index (χ2v) is 2.09. The molecule has 13 heavy (non-hydrogen) atoms. The second-order valence-electron chi connectivity index (χ2n) is 2.09. The molecule has 0 rings (SSSR count). The Hall–Kier alpha value is -1.27. The maximum Gasteiger partial charge on any atom is 0.464 e. The minimum Gasteiger partial charge on any atom is -0.416 e. The SMILES string of the molecule is CC(=O)OC(OC(C)=O)C(F)(F)F. The summed E-state index contributed by atoms with van der Waals surface area (Å²) in [6.45, 7) is 1.56. The fourth-order valence-corrected chi connectivity index (χ4v) is 0.459. The first-order valence-electron chi connectivity index (χ1n) is 3.14. The summed E-state index contributed by atoms with van der Waals surface area (Å²) in [5.41, 5.74) is 0. The number of alkyl halides is 3. The summed E-state index contributed by atoms with van der Waals surface area (Å²) in [6.07, 6.45) is -7.72. The van der Waals surface area contributed by atoms with Crippen molar-refractivity contribution in [1.82, 2.24) is 0 Å². The Morgan fingerprint density at radius 3 is 1.54 bits per heavy atom. The molecular weight excluding hydrogens is 193 g/mol. The van der Waals surface area contributed by atoms with Crippen LogP contribution >= 0.6 is 0 Å². The summed E-state index contributed by atoms with van der Waals surface area (Å²) in [7, 11) is 0. The van der Waals surface area contributed by atoms with Gasteiger partial charge in [-0.15, -0.1) is 0 Å². The Morgan fingerprint density at radius 1 is 1.08 bits per heavy atom. The number of carbonyl (C=O) groups is 2. The van der Waals surface area contributed by atoms with Crippen molar-refractivity contribution < 1.29 is 32.2 Å². The van der Waals surface area contributed by atoms with Gasteiger partial charge in [0, 0.05) is 13.8 Å². The molecule has 0 fully saturated rings. The predicted octanol–water partition coefficient (Wildman–Crippen LogP) is 1.00. The monoisotopic (exact) mass is 200 g/mol. The number of ether oxygens (including phenoxy) is 2.